The van der Waals surface area contributed by atoms with Crippen molar-refractivity contribution in [2.45, 2.75) is 19.3 Å². The number of ether oxygens (including phenoxy) is 1. The number of carbonyl (C=O) groups is 1. The summed E-state index contributed by atoms with van der Waals surface area (Å²) in [7, 11) is 0. The predicted molar refractivity (Wildman–Crippen MR) is 61.2 cm³/mol. The van der Waals surface area contributed by atoms with Gasteiger partial charge < -0.3 is 9.84 Å². The fourth-order valence-electron chi connectivity index (χ4n) is 1.56. The fourth-order valence-corrected chi connectivity index (χ4v) is 1.79. The highest BCUT2D eigenvalue weighted by atomic mass is 35.5. The maximum absolute atomic E-state index is 10.9. The molecule has 16 heavy (non-hydrogen) atoms. The molecule has 0 unspecified atom stereocenters. The van der Waals surface area contributed by atoms with Gasteiger partial charge in [0, 0.05) is 0 Å². The summed E-state index contributed by atoms with van der Waals surface area (Å²) in [4.78, 5) is 10.9. The maximum atomic E-state index is 10.9. The van der Waals surface area contributed by atoms with Crippen molar-refractivity contribution in [2.24, 2.45) is 5.92 Å². The van der Waals surface area contributed by atoms with Crippen LogP contribution in [0.1, 0.15) is 29.6 Å². The van der Waals surface area contributed by atoms with Crippen molar-refractivity contribution in [2.75, 3.05) is 6.61 Å². The molecule has 0 atom stereocenters. The van der Waals surface area contributed by atoms with Crippen LogP contribution in [0, 0.1) is 5.92 Å². The predicted octanol–water partition coefficient (Wildman–Crippen LogP) is 3.22. The largest absolute Gasteiger partial charge is 0.491 e. The van der Waals surface area contributed by atoms with Gasteiger partial charge in [0.05, 0.1) is 11.6 Å². The molecular weight excluding hydrogens is 228 g/mol. The first-order chi connectivity index (χ1) is 7.68. The van der Waals surface area contributed by atoms with Crippen molar-refractivity contribution < 1.29 is 14.6 Å². The van der Waals surface area contributed by atoms with Crippen LogP contribution in [0.4, 0.5) is 0 Å². The van der Waals surface area contributed by atoms with Crippen molar-refractivity contribution >= 4 is 17.6 Å². The lowest BCUT2D eigenvalue weighted by atomic mass is 10.2. The van der Waals surface area contributed by atoms with Crippen molar-refractivity contribution in [3.63, 3.8) is 0 Å². The van der Waals surface area contributed by atoms with Gasteiger partial charge in [-0.15, -0.1) is 0 Å². The smallest absolute Gasteiger partial charge is 0.339 e. The summed E-state index contributed by atoms with van der Waals surface area (Å²) >= 11 is 5.92. The molecular formula is C12H13ClO3. The van der Waals surface area contributed by atoms with Crippen molar-refractivity contribution in [3.05, 3.63) is 28.8 Å². The van der Waals surface area contributed by atoms with Gasteiger partial charge in [0.2, 0.25) is 0 Å². The second-order valence-corrected chi connectivity index (χ2v) is 4.41. The van der Waals surface area contributed by atoms with E-state index >= 15 is 0 Å². The van der Waals surface area contributed by atoms with Gasteiger partial charge >= 0.3 is 5.97 Å². The van der Waals surface area contributed by atoms with Crippen LogP contribution in [0.3, 0.4) is 0 Å². The molecule has 1 fully saturated rings. The fraction of sp³-hybridized carbons (Fsp3) is 0.417. The van der Waals surface area contributed by atoms with Crippen molar-refractivity contribution in [3.8, 4) is 5.75 Å². The molecule has 4 heteroatoms. The first-order valence-corrected chi connectivity index (χ1v) is 5.71. The second kappa shape index (κ2) is 4.74. The van der Waals surface area contributed by atoms with Crippen molar-refractivity contribution in [1.29, 1.82) is 0 Å². The third-order valence-electron chi connectivity index (χ3n) is 2.67. The molecule has 0 aliphatic heterocycles. The van der Waals surface area contributed by atoms with E-state index in [9.17, 15) is 4.79 Å². The Hall–Kier alpha value is -1.22. The average molecular weight is 241 g/mol. The van der Waals surface area contributed by atoms with E-state index in [-0.39, 0.29) is 11.3 Å². The lowest BCUT2D eigenvalue weighted by Gasteiger charge is -2.10. The second-order valence-electron chi connectivity index (χ2n) is 4.00. The number of carboxylic acid groups (broad SMARTS) is 1. The van der Waals surface area contributed by atoms with E-state index in [0.717, 1.165) is 12.3 Å². The Morgan fingerprint density at radius 1 is 1.50 bits per heavy atom. The van der Waals surface area contributed by atoms with E-state index in [1.54, 1.807) is 12.1 Å². The van der Waals surface area contributed by atoms with E-state index in [1.807, 2.05) is 0 Å². The first-order valence-electron chi connectivity index (χ1n) is 5.33. The third-order valence-corrected chi connectivity index (χ3v) is 2.96. The quantitative estimate of drug-likeness (QED) is 0.860. The third kappa shape index (κ3) is 2.67. The van der Waals surface area contributed by atoms with Gasteiger partial charge in [-0.05, 0) is 24.5 Å². The van der Waals surface area contributed by atoms with Crippen molar-refractivity contribution in [1.82, 2.24) is 0 Å². The van der Waals surface area contributed by atoms with Crippen LogP contribution in [0.25, 0.3) is 0 Å². The zero-order valence-electron chi connectivity index (χ0n) is 8.78. The van der Waals surface area contributed by atoms with Crippen LogP contribution < -0.4 is 4.74 Å². The normalized spacial score (nSPS) is 14.8. The molecule has 1 saturated carbocycles. The van der Waals surface area contributed by atoms with Crippen LogP contribution in [0.5, 0.6) is 5.75 Å². The van der Waals surface area contributed by atoms with Gasteiger partial charge in [0.1, 0.15) is 5.56 Å². The zero-order valence-corrected chi connectivity index (χ0v) is 9.54. The molecule has 1 aliphatic carbocycles. The summed E-state index contributed by atoms with van der Waals surface area (Å²) in [5.41, 5.74) is 0.128. The maximum Gasteiger partial charge on any atom is 0.339 e. The van der Waals surface area contributed by atoms with E-state index in [1.165, 1.54) is 18.9 Å². The Kier molecular flexibility index (Phi) is 3.34. The standard InChI is InChI=1S/C12H13ClO3/c13-10-3-1-2-9(12(14)15)11(10)16-7-6-8-4-5-8/h1-3,8H,4-7H2,(H,14,15). The Labute approximate surface area is 99.0 Å². The van der Waals surface area contributed by atoms with E-state index in [2.05, 4.69) is 0 Å². The minimum absolute atomic E-state index is 0.128. The number of benzene rings is 1. The van der Waals surface area contributed by atoms with Crippen LogP contribution in [0.15, 0.2) is 18.2 Å². The molecule has 86 valence electrons. The number of hydrogen-bond acceptors (Lipinski definition) is 2. The summed E-state index contributed by atoms with van der Waals surface area (Å²) in [6.07, 6.45) is 3.50. The number of aromatic carboxylic acids is 1. The molecule has 0 amide bonds. The van der Waals surface area contributed by atoms with Crippen LogP contribution in [0.2, 0.25) is 5.02 Å². The lowest BCUT2D eigenvalue weighted by Crippen LogP contribution is -2.05. The first kappa shape index (κ1) is 11.3. The Balaban J connectivity index is 2.06. The molecule has 1 aromatic rings. The lowest BCUT2D eigenvalue weighted by molar-refractivity contribution is 0.0692. The highest BCUT2D eigenvalue weighted by Crippen LogP contribution is 2.33. The molecule has 1 aromatic carbocycles. The zero-order chi connectivity index (χ0) is 11.5. The summed E-state index contributed by atoms with van der Waals surface area (Å²) in [6, 6.07) is 4.75. The monoisotopic (exact) mass is 240 g/mol. The van der Waals surface area contributed by atoms with Gasteiger partial charge in [-0.2, -0.15) is 0 Å². The van der Waals surface area contributed by atoms with Gasteiger partial charge in [-0.3, -0.25) is 0 Å². The highest BCUT2D eigenvalue weighted by Gasteiger charge is 2.21. The van der Waals surface area contributed by atoms with Crippen LogP contribution >= 0.6 is 11.6 Å². The van der Waals surface area contributed by atoms with Crippen LogP contribution in [-0.4, -0.2) is 17.7 Å². The van der Waals surface area contributed by atoms with E-state index in [4.69, 9.17) is 21.4 Å². The van der Waals surface area contributed by atoms with Gasteiger partial charge in [0.25, 0.3) is 0 Å². The molecule has 0 radical (unpaired) electrons. The molecule has 2 rings (SSSR count). The Bertz CT molecular complexity index is 399. The summed E-state index contributed by atoms with van der Waals surface area (Å²) in [5, 5.41) is 9.33. The summed E-state index contributed by atoms with van der Waals surface area (Å²) in [5.74, 6) is 0.0389. The summed E-state index contributed by atoms with van der Waals surface area (Å²) < 4.78 is 5.47. The highest BCUT2D eigenvalue weighted by molar-refractivity contribution is 6.32. The molecule has 0 heterocycles. The Morgan fingerprint density at radius 3 is 2.88 bits per heavy atom. The van der Waals surface area contributed by atoms with E-state index in [0.29, 0.717) is 11.6 Å². The molecule has 1 N–H and O–H groups in total. The number of carboxylic acids is 1. The van der Waals surface area contributed by atoms with Gasteiger partial charge in [-0.25, -0.2) is 4.79 Å². The SMILES string of the molecule is O=C(O)c1cccc(Cl)c1OCCC1CC1. The molecule has 0 bridgehead atoms. The summed E-state index contributed by atoms with van der Waals surface area (Å²) in [6.45, 7) is 0.536. The van der Waals surface area contributed by atoms with Gasteiger partial charge in [0.15, 0.2) is 5.75 Å². The Morgan fingerprint density at radius 2 is 2.25 bits per heavy atom. The molecule has 1 aliphatic rings. The minimum atomic E-state index is -1.01. The van der Waals surface area contributed by atoms with E-state index < -0.39 is 5.97 Å². The molecule has 0 spiro atoms. The number of para-hydroxylation sites is 1. The number of hydrogen-bond donors (Lipinski definition) is 1. The number of rotatable bonds is 5. The molecule has 3 nitrogen and oxygen atoms in total. The van der Waals surface area contributed by atoms with Crippen LogP contribution in [-0.2, 0) is 0 Å². The number of halogens is 1. The molecule has 0 aromatic heterocycles. The molecule has 0 saturated heterocycles. The minimum Gasteiger partial charge on any atom is -0.491 e. The van der Waals surface area contributed by atoms with Gasteiger partial charge in [-0.1, -0.05) is 30.5 Å². The average Bonchev–Trinajstić information content (AvgIpc) is 3.04. The topological polar surface area (TPSA) is 46.5 Å².